The summed E-state index contributed by atoms with van der Waals surface area (Å²) >= 11 is 4.89. The number of rotatable bonds is 4. The molecular weight excluding hydrogens is 278 g/mol. The molecule has 1 aromatic rings. The van der Waals surface area contributed by atoms with Crippen molar-refractivity contribution >= 4 is 39.2 Å². The number of aliphatic hydroxyl groups is 1. The third-order valence-corrected chi connectivity index (χ3v) is 3.15. The van der Waals surface area contributed by atoms with E-state index in [2.05, 4.69) is 21.2 Å². The van der Waals surface area contributed by atoms with E-state index in [1.165, 1.54) is 6.08 Å². The summed E-state index contributed by atoms with van der Waals surface area (Å²) in [6.45, 7) is 1.90. The molecule has 0 aliphatic heterocycles. The molecule has 3 nitrogen and oxygen atoms in total. The van der Waals surface area contributed by atoms with Crippen LogP contribution in [0, 0.1) is 0 Å². The Hall–Kier alpha value is -0.650. The highest BCUT2D eigenvalue weighted by atomic mass is 79.9. The van der Waals surface area contributed by atoms with Crippen LogP contribution in [0.2, 0.25) is 0 Å². The van der Waals surface area contributed by atoms with Crippen LogP contribution in [-0.2, 0) is 4.79 Å². The van der Waals surface area contributed by atoms with Crippen molar-refractivity contribution in [1.82, 2.24) is 5.32 Å². The van der Waals surface area contributed by atoms with Crippen molar-refractivity contribution in [2.24, 2.45) is 0 Å². The monoisotopic (exact) mass is 289 g/mol. The molecule has 0 bridgehead atoms. The Labute approximate surface area is 101 Å². The van der Waals surface area contributed by atoms with Crippen molar-refractivity contribution < 1.29 is 9.90 Å². The Kier molecular flexibility index (Phi) is 5.01. The van der Waals surface area contributed by atoms with Crippen LogP contribution in [0.25, 0.3) is 6.08 Å². The van der Waals surface area contributed by atoms with Gasteiger partial charge >= 0.3 is 0 Å². The van der Waals surface area contributed by atoms with E-state index in [1.54, 1.807) is 24.3 Å². The summed E-state index contributed by atoms with van der Waals surface area (Å²) in [5.74, 6) is -0.194. The third-order valence-electron chi connectivity index (χ3n) is 1.56. The quantitative estimate of drug-likeness (QED) is 0.834. The van der Waals surface area contributed by atoms with Crippen LogP contribution in [0.4, 0.5) is 0 Å². The second kappa shape index (κ2) is 6.05. The minimum atomic E-state index is -0.516. The van der Waals surface area contributed by atoms with Crippen LogP contribution in [-0.4, -0.2) is 23.7 Å². The molecule has 1 amide bonds. The largest absolute Gasteiger partial charge is 0.392 e. The normalized spacial score (nSPS) is 13.0. The van der Waals surface area contributed by atoms with Gasteiger partial charge in [-0.25, -0.2) is 0 Å². The predicted molar refractivity (Wildman–Crippen MR) is 65.7 cm³/mol. The highest BCUT2D eigenvalue weighted by Crippen LogP contribution is 2.22. The van der Waals surface area contributed by atoms with E-state index >= 15 is 0 Å². The molecule has 1 aromatic heterocycles. The van der Waals surface area contributed by atoms with E-state index in [-0.39, 0.29) is 12.5 Å². The van der Waals surface area contributed by atoms with Gasteiger partial charge in [-0.15, -0.1) is 11.3 Å². The van der Waals surface area contributed by atoms with Crippen molar-refractivity contribution in [3.8, 4) is 0 Å². The fourth-order valence-corrected chi connectivity index (χ4v) is 2.21. The maximum Gasteiger partial charge on any atom is 0.244 e. The maximum absolute atomic E-state index is 11.2. The molecule has 0 aliphatic carbocycles. The van der Waals surface area contributed by atoms with Crippen molar-refractivity contribution in [3.05, 3.63) is 26.9 Å². The Morgan fingerprint density at radius 2 is 2.47 bits per heavy atom. The summed E-state index contributed by atoms with van der Waals surface area (Å²) in [4.78, 5) is 12.2. The van der Waals surface area contributed by atoms with Crippen LogP contribution in [0.1, 0.15) is 11.8 Å². The van der Waals surface area contributed by atoms with Gasteiger partial charge in [0.05, 0.1) is 9.89 Å². The highest BCUT2D eigenvalue weighted by molar-refractivity contribution is 9.11. The number of hydrogen-bond donors (Lipinski definition) is 2. The minimum absolute atomic E-state index is 0.194. The molecule has 1 heterocycles. The zero-order valence-corrected chi connectivity index (χ0v) is 10.6. The molecule has 2 N–H and O–H groups in total. The van der Waals surface area contributed by atoms with Gasteiger partial charge in [0.25, 0.3) is 0 Å². The van der Waals surface area contributed by atoms with E-state index in [4.69, 9.17) is 5.11 Å². The zero-order valence-electron chi connectivity index (χ0n) is 8.24. The van der Waals surface area contributed by atoms with Gasteiger partial charge in [-0.3, -0.25) is 4.79 Å². The van der Waals surface area contributed by atoms with Crippen LogP contribution < -0.4 is 5.32 Å². The molecule has 15 heavy (non-hydrogen) atoms. The number of hydrogen-bond acceptors (Lipinski definition) is 3. The van der Waals surface area contributed by atoms with Gasteiger partial charge in [0.1, 0.15) is 0 Å². The molecular formula is C10H12BrNO2S. The molecule has 0 radical (unpaired) electrons. The first-order valence-corrected chi connectivity index (χ1v) is 6.08. The summed E-state index contributed by atoms with van der Waals surface area (Å²) in [6.07, 6.45) is 2.69. The van der Waals surface area contributed by atoms with Gasteiger partial charge in [0.15, 0.2) is 0 Å². The summed E-state index contributed by atoms with van der Waals surface area (Å²) in [5, 5.41) is 11.5. The van der Waals surface area contributed by atoms with Crippen molar-refractivity contribution in [2.45, 2.75) is 13.0 Å². The van der Waals surface area contributed by atoms with E-state index in [0.717, 1.165) is 8.66 Å². The maximum atomic E-state index is 11.2. The average molecular weight is 290 g/mol. The Morgan fingerprint density at radius 3 is 3.00 bits per heavy atom. The molecule has 1 atom stereocenters. The van der Waals surface area contributed by atoms with Gasteiger partial charge in [-0.1, -0.05) is 0 Å². The van der Waals surface area contributed by atoms with Crippen LogP contribution >= 0.6 is 27.3 Å². The third kappa shape index (κ3) is 5.11. The van der Waals surface area contributed by atoms with E-state index in [1.807, 2.05) is 12.1 Å². The molecule has 0 aromatic carbocycles. The van der Waals surface area contributed by atoms with Crippen LogP contribution in [0.5, 0.6) is 0 Å². The summed E-state index contributed by atoms with van der Waals surface area (Å²) in [6, 6.07) is 3.85. The van der Waals surface area contributed by atoms with Gasteiger partial charge in [-0.2, -0.15) is 0 Å². The zero-order chi connectivity index (χ0) is 11.3. The molecule has 5 heteroatoms. The molecule has 0 spiro atoms. The van der Waals surface area contributed by atoms with Crippen molar-refractivity contribution in [2.75, 3.05) is 6.54 Å². The lowest BCUT2D eigenvalue weighted by atomic mass is 10.3. The lowest BCUT2D eigenvalue weighted by Crippen LogP contribution is -2.28. The Morgan fingerprint density at radius 1 is 1.73 bits per heavy atom. The number of nitrogens with one attached hydrogen (secondary N) is 1. The SMILES string of the molecule is C[C@@H](O)CNC(=O)/C=C/c1ccc(Br)s1. The molecule has 1 rings (SSSR count). The van der Waals surface area contributed by atoms with Crippen molar-refractivity contribution in [3.63, 3.8) is 0 Å². The number of aliphatic hydroxyl groups excluding tert-OH is 1. The second-order valence-electron chi connectivity index (χ2n) is 3.07. The Bertz CT molecular complexity index is 360. The van der Waals surface area contributed by atoms with Crippen LogP contribution in [0.3, 0.4) is 0 Å². The Balaban J connectivity index is 2.40. The lowest BCUT2D eigenvalue weighted by Gasteiger charge is -2.03. The fourth-order valence-electron chi connectivity index (χ4n) is 0.883. The van der Waals surface area contributed by atoms with E-state index < -0.39 is 6.10 Å². The number of carbonyl (C=O) groups is 1. The highest BCUT2D eigenvalue weighted by Gasteiger charge is 1.99. The molecule has 0 unspecified atom stereocenters. The summed E-state index contributed by atoms with van der Waals surface area (Å²) in [5.41, 5.74) is 0. The first-order chi connectivity index (χ1) is 7.08. The standard InChI is InChI=1S/C10H12BrNO2S/c1-7(13)6-12-10(14)5-3-8-2-4-9(11)15-8/h2-5,7,13H,6H2,1H3,(H,12,14)/b5-3+/t7-/m1/s1. The first kappa shape index (κ1) is 12.4. The average Bonchev–Trinajstić information content (AvgIpc) is 2.58. The molecule has 0 fully saturated rings. The molecule has 0 aliphatic rings. The smallest absolute Gasteiger partial charge is 0.244 e. The van der Waals surface area contributed by atoms with E-state index in [0.29, 0.717) is 0 Å². The number of carbonyl (C=O) groups excluding carboxylic acids is 1. The second-order valence-corrected chi connectivity index (χ2v) is 5.56. The molecule has 0 saturated heterocycles. The molecule has 0 saturated carbocycles. The number of halogens is 1. The lowest BCUT2D eigenvalue weighted by molar-refractivity contribution is -0.116. The first-order valence-electron chi connectivity index (χ1n) is 4.47. The van der Waals surface area contributed by atoms with Gasteiger partial charge in [0, 0.05) is 17.5 Å². The van der Waals surface area contributed by atoms with Crippen molar-refractivity contribution in [1.29, 1.82) is 0 Å². The summed E-state index contributed by atoms with van der Waals surface area (Å²) < 4.78 is 1.03. The minimum Gasteiger partial charge on any atom is -0.392 e. The van der Waals surface area contributed by atoms with Gasteiger partial charge in [-0.05, 0) is 41.1 Å². The predicted octanol–water partition coefficient (Wildman–Crippen LogP) is 2.02. The van der Waals surface area contributed by atoms with Gasteiger partial charge < -0.3 is 10.4 Å². The number of thiophene rings is 1. The van der Waals surface area contributed by atoms with Crippen LogP contribution in [0.15, 0.2) is 22.0 Å². The summed E-state index contributed by atoms with van der Waals surface area (Å²) in [7, 11) is 0. The molecule has 82 valence electrons. The van der Waals surface area contributed by atoms with Gasteiger partial charge in [0.2, 0.25) is 5.91 Å². The topological polar surface area (TPSA) is 49.3 Å². The van der Waals surface area contributed by atoms with E-state index in [9.17, 15) is 4.79 Å². The fraction of sp³-hybridized carbons (Fsp3) is 0.300. The number of amides is 1.